The van der Waals surface area contributed by atoms with Crippen molar-refractivity contribution in [2.45, 2.75) is 45.4 Å². The Morgan fingerprint density at radius 1 is 1.23 bits per heavy atom. The van der Waals surface area contributed by atoms with Gasteiger partial charge in [0.1, 0.15) is 11.6 Å². The van der Waals surface area contributed by atoms with E-state index in [1.807, 2.05) is 24.3 Å². The standard InChI is InChI=1S/C24H28N4O2/c1-14-9-18-19(10-15(14)2)28-13-17-11-20(27(3)22(17)23(28)26-18)24(29)25-12-16-7-5-6-8-21(16)30-4/h5-10,17,20,22H,11-13H2,1-4H3,(H,25,29). The van der Waals surface area contributed by atoms with E-state index in [0.29, 0.717) is 12.5 Å². The lowest BCUT2D eigenvalue weighted by atomic mass is 10.0. The number of imidazole rings is 1. The maximum Gasteiger partial charge on any atom is 0.237 e. The predicted molar refractivity (Wildman–Crippen MR) is 116 cm³/mol. The fourth-order valence-corrected chi connectivity index (χ4v) is 5.17. The monoisotopic (exact) mass is 404 g/mol. The number of hydrogen-bond acceptors (Lipinski definition) is 4. The van der Waals surface area contributed by atoms with Gasteiger partial charge in [-0.1, -0.05) is 18.2 Å². The normalized spacial score (nSPS) is 22.9. The van der Waals surface area contributed by atoms with Gasteiger partial charge in [0.2, 0.25) is 5.91 Å². The lowest BCUT2D eigenvalue weighted by molar-refractivity contribution is -0.125. The Kier molecular flexibility index (Phi) is 4.54. The van der Waals surface area contributed by atoms with E-state index >= 15 is 0 Å². The minimum atomic E-state index is -0.133. The summed E-state index contributed by atoms with van der Waals surface area (Å²) in [5, 5.41) is 3.11. The Morgan fingerprint density at radius 2 is 2.00 bits per heavy atom. The van der Waals surface area contributed by atoms with Crippen LogP contribution in [0.3, 0.4) is 0 Å². The predicted octanol–water partition coefficient (Wildman–Crippen LogP) is 3.35. The Labute approximate surface area is 176 Å². The number of aryl methyl sites for hydroxylation is 2. The molecule has 2 aliphatic heterocycles. The third-order valence-corrected chi connectivity index (χ3v) is 6.93. The van der Waals surface area contributed by atoms with Crippen molar-refractivity contribution in [3.8, 4) is 5.75 Å². The molecule has 5 rings (SSSR count). The quantitative estimate of drug-likeness (QED) is 0.725. The van der Waals surface area contributed by atoms with E-state index in [4.69, 9.17) is 9.72 Å². The van der Waals surface area contributed by atoms with Gasteiger partial charge in [0.25, 0.3) is 0 Å². The molecule has 156 valence electrons. The van der Waals surface area contributed by atoms with Crippen molar-refractivity contribution in [1.82, 2.24) is 19.8 Å². The van der Waals surface area contributed by atoms with Crippen LogP contribution in [0, 0.1) is 19.8 Å². The fraction of sp³-hybridized carbons (Fsp3) is 0.417. The lowest BCUT2D eigenvalue weighted by Crippen LogP contribution is -2.42. The number of ether oxygens (including phenoxy) is 1. The van der Waals surface area contributed by atoms with Crippen molar-refractivity contribution in [3.05, 3.63) is 58.9 Å². The number of nitrogens with zero attached hydrogens (tertiary/aromatic N) is 3. The van der Waals surface area contributed by atoms with Crippen molar-refractivity contribution in [2.75, 3.05) is 14.2 Å². The maximum atomic E-state index is 13.0. The molecule has 0 saturated carbocycles. The van der Waals surface area contributed by atoms with Crippen LogP contribution < -0.4 is 10.1 Å². The second-order valence-corrected chi connectivity index (χ2v) is 8.66. The molecular weight excluding hydrogens is 376 g/mol. The van der Waals surface area contributed by atoms with Gasteiger partial charge in [0, 0.05) is 24.6 Å². The van der Waals surface area contributed by atoms with Gasteiger partial charge in [-0.25, -0.2) is 4.98 Å². The summed E-state index contributed by atoms with van der Waals surface area (Å²) >= 11 is 0. The highest BCUT2D eigenvalue weighted by Crippen LogP contribution is 2.46. The van der Waals surface area contributed by atoms with Gasteiger partial charge in [-0.3, -0.25) is 9.69 Å². The van der Waals surface area contributed by atoms with E-state index in [1.165, 1.54) is 16.6 Å². The highest BCUT2D eigenvalue weighted by atomic mass is 16.5. The van der Waals surface area contributed by atoms with E-state index in [-0.39, 0.29) is 18.0 Å². The molecule has 3 atom stereocenters. The Balaban J connectivity index is 1.35. The molecule has 1 saturated heterocycles. The fourth-order valence-electron chi connectivity index (χ4n) is 5.17. The van der Waals surface area contributed by atoms with Crippen molar-refractivity contribution >= 4 is 16.9 Å². The molecule has 0 aliphatic carbocycles. The molecule has 2 aromatic carbocycles. The molecule has 1 aromatic heterocycles. The number of rotatable bonds is 4. The zero-order chi connectivity index (χ0) is 21.0. The summed E-state index contributed by atoms with van der Waals surface area (Å²) in [6.07, 6.45) is 0.856. The van der Waals surface area contributed by atoms with E-state index in [0.717, 1.165) is 35.6 Å². The number of likely N-dealkylation sites (tertiary alicyclic amines) is 1. The number of benzene rings is 2. The van der Waals surface area contributed by atoms with Crippen LogP contribution in [0.4, 0.5) is 0 Å². The minimum absolute atomic E-state index is 0.0761. The summed E-state index contributed by atoms with van der Waals surface area (Å²) < 4.78 is 7.75. The summed E-state index contributed by atoms with van der Waals surface area (Å²) in [4.78, 5) is 20.2. The van der Waals surface area contributed by atoms with Crippen LogP contribution in [0.1, 0.15) is 35.0 Å². The van der Waals surface area contributed by atoms with Crippen molar-refractivity contribution in [3.63, 3.8) is 0 Å². The highest BCUT2D eigenvalue weighted by Gasteiger charge is 2.48. The van der Waals surface area contributed by atoms with E-state index < -0.39 is 0 Å². The number of carbonyl (C=O) groups excluding carboxylic acids is 1. The van der Waals surface area contributed by atoms with Gasteiger partial charge in [0.05, 0.1) is 30.2 Å². The van der Waals surface area contributed by atoms with E-state index in [9.17, 15) is 4.79 Å². The number of fused-ring (bicyclic) bond motifs is 5. The molecule has 3 aromatic rings. The van der Waals surface area contributed by atoms with Crippen LogP contribution in [0.15, 0.2) is 36.4 Å². The number of para-hydroxylation sites is 1. The summed E-state index contributed by atoms with van der Waals surface area (Å²) in [5.41, 5.74) is 5.83. The molecule has 3 unspecified atom stereocenters. The Hall–Kier alpha value is -2.86. The zero-order valence-corrected chi connectivity index (χ0v) is 18.0. The first-order valence-corrected chi connectivity index (χ1v) is 10.6. The van der Waals surface area contributed by atoms with Crippen LogP contribution in [-0.2, 0) is 17.9 Å². The molecule has 1 amide bonds. The maximum absolute atomic E-state index is 13.0. The Morgan fingerprint density at radius 3 is 2.80 bits per heavy atom. The van der Waals surface area contributed by atoms with Crippen LogP contribution >= 0.6 is 0 Å². The third-order valence-electron chi connectivity index (χ3n) is 6.93. The molecule has 0 bridgehead atoms. The number of carbonyl (C=O) groups is 1. The number of methoxy groups -OCH3 is 1. The first kappa shape index (κ1) is 19.1. The molecule has 2 aliphatic rings. The van der Waals surface area contributed by atoms with Gasteiger partial charge in [0.15, 0.2) is 0 Å². The summed E-state index contributed by atoms with van der Waals surface area (Å²) in [5.74, 6) is 2.40. The molecule has 6 nitrogen and oxygen atoms in total. The summed E-state index contributed by atoms with van der Waals surface area (Å²) in [7, 11) is 3.71. The second-order valence-electron chi connectivity index (χ2n) is 8.66. The smallest absolute Gasteiger partial charge is 0.237 e. The van der Waals surface area contributed by atoms with E-state index in [2.05, 4.69) is 47.8 Å². The van der Waals surface area contributed by atoms with E-state index in [1.54, 1.807) is 7.11 Å². The van der Waals surface area contributed by atoms with Gasteiger partial charge in [-0.2, -0.15) is 0 Å². The number of likely N-dealkylation sites (N-methyl/N-ethyl adjacent to an activating group) is 1. The average Bonchev–Trinajstić information content (AvgIpc) is 3.36. The highest BCUT2D eigenvalue weighted by molar-refractivity contribution is 5.83. The minimum Gasteiger partial charge on any atom is -0.496 e. The van der Waals surface area contributed by atoms with Crippen LogP contribution in [0.2, 0.25) is 0 Å². The van der Waals surface area contributed by atoms with Crippen LogP contribution in [0.25, 0.3) is 11.0 Å². The summed E-state index contributed by atoms with van der Waals surface area (Å²) in [6, 6.07) is 12.3. The molecule has 1 fully saturated rings. The average molecular weight is 405 g/mol. The molecule has 1 N–H and O–H groups in total. The molecule has 6 heteroatoms. The zero-order valence-electron chi connectivity index (χ0n) is 18.0. The topological polar surface area (TPSA) is 59.4 Å². The molecule has 30 heavy (non-hydrogen) atoms. The molecule has 0 radical (unpaired) electrons. The van der Waals surface area contributed by atoms with Crippen LogP contribution in [-0.4, -0.2) is 40.6 Å². The lowest BCUT2D eigenvalue weighted by Gasteiger charge is -2.23. The van der Waals surface area contributed by atoms with Gasteiger partial charge in [-0.15, -0.1) is 0 Å². The largest absolute Gasteiger partial charge is 0.496 e. The SMILES string of the molecule is COc1ccccc1CNC(=O)C1CC2Cn3c(nc4cc(C)c(C)cc43)C2N1C. The first-order valence-electron chi connectivity index (χ1n) is 10.6. The van der Waals surface area contributed by atoms with Gasteiger partial charge >= 0.3 is 0 Å². The van der Waals surface area contributed by atoms with Crippen molar-refractivity contribution in [2.24, 2.45) is 5.92 Å². The second kappa shape index (κ2) is 7.13. The first-order chi connectivity index (χ1) is 14.5. The van der Waals surface area contributed by atoms with Crippen molar-refractivity contribution < 1.29 is 9.53 Å². The number of nitrogens with one attached hydrogen (secondary N) is 1. The number of amides is 1. The molecular formula is C24H28N4O2. The molecule has 0 spiro atoms. The van der Waals surface area contributed by atoms with Crippen LogP contribution in [0.5, 0.6) is 5.75 Å². The molecule has 3 heterocycles. The van der Waals surface area contributed by atoms with Crippen molar-refractivity contribution in [1.29, 1.82) is 0 Å². The number of aromatic nitrogens is 2. The summed E-state index contributed by atoms with van der Waals surface area (Å²) in [6.45, 7) is 5.68. The van der Waals surface area contributed by atoms with Gasteiger partial charge < -0.3 is 14.6 Å². The number of hydrogen-bond donors (Lipinski definition) is 1. The third kappa shape index (κ3) is 2.89. The Bertz CT molecular complexity index is 1140. The van der Waals surface area contributed by atoms with Gasteiger partial charge in [-0.05, 0) is 56.6 Å².